The topological polar surface area (TPSA) is 37.3 Å². The van der Waals surface area contributed by atoms with E-state index in [1.165, 1.54) is 0 Å². The van der Waals surface area contributed by atoms with Gasteiger partial charge in [0.1, 0.15) is 0 Å². The Balaban J connectivity index is 3.69. The number of alkyl halides is 1. The molecule has 0 spiro atoms. The number of carbonyl (C=O) groups is 1. The fourth-order valence-electron chi connectivity index (χ4n) is 1.68. The molecule has 0 saturated carbocycles. The molecule has 15 heavy (non-hydrogen) atoms. The largest absolute Gasteiger partial charge is 0.481 e. The summed E-state index contributed by atoms with van der Waals surface area (Å²) in [6.45, 7) is 4.32. The molecule has 0 heterocycles. The smallest absolute Gasteiger partial charge is 0.306 e. The third-order valence-electron chi connectivity index (χ3n) is 2.66. The molecule has 0 saturated heterocycles. The van der Waals surface area contributed by atoms with Crippen molar-refractivity contribution in [3.63, 3.8) is 0 Å². The molecule has 3 heteroatoms. The fourth-order valence-corrected chi connectivity index (χ4v) is 2.12. The van der Waals surface area contributed by atoms with Gasteiger partial charge in [0.25, 0.3) is 0 Å². The summed E-state index contributed by atoms with van der Waals surface area (Å²) in [5, 5.41) is 9.04. The molecule has 0 aliphatic heterocycles. The van der Waals surface area contributed by atoms with Gasteiger partial charge in [-0.2, -0.15) is 0 Å². The monoisotopic (exact) mass is 326 g/mol. The molecule has 0 rings (SSSR count). The average Bonchev–Trinajstić information content (AvgIpc) is 2.15. The molecule has 1 N–H and O–H groups in total. The number of unbranched alkanes of at least 4 members (excludes halogenated alkanes) is 2. The normalized spacial score (nSPS) is 14.9. The van der Waals surface area contributed by atoms with Crippen LogP contribution in [0.2, 0.25) is 0 Å². The maximum absolute atomic E-state index is 11.0. The van der Waals surface area contributed by atoms with Crippen LogP contribution in [0, 0.1) is 5.92 Å². The maximum Gasteiger partial charge on any atom is 0.306 e. The van der Waals surface area contributed by atoms with Crippen LogP contribution < -0.4 is 0 Å². The van der Waals surface area contributed by atoms with Crippen molar-refractivity contribution in [1.82, 2.24) is 0 Å². The van der Waals surface area contributed by atoms with Crippen LogP contribution in [-0.4, -0.2) is 15.0 Å². The Morgan fingerprint density at radius 3 is 2.27 bits per heavy atom. The van der Waals surface area contributed by atoms with Gasteiger partial charge in [-0.3, -0.25) is 4.79 Å². The fraction of sp³-hybridized carbons (Fsp3) is 0.917. The SMILES string of the molecule is CCCCCC(CCCC(C)I)C(=O)O. The lowest BCUT2D eigenvalue weighted by Gasteiger charge is -2.12. The summed E-state index contributed by atoms with van der Waals surface area (Å²) in [4.78, 5) is 11.0. The van der Waals surface area contributed by atoms with Gasteiger partial charge in [-0.05, 0) is 19.3 Å². The van der Waals surface area contributed by atoms with Crippen LogP contribution in [0.5, 0.6) is 0 Å². The lowest BCUT2D eigenvalue weighted by atomic mass is 9.95. The van der Waals surface area contributed by atoms with E-state index in [0.29, 0.717) is 3.92 Å². The van der Waals surface area contributed by atoms with Gasteiger partial charge in [-0.25, -0.2) is 0 Å². The number of carboxylic acid groups (broad SMARTS) is 1. The summed E-state index contributed by atoms with van der Waals surface area (Å²) in [6.07, 6.45) is 7.29. The summed E-state index contributed by atoms with van der Waals surface area (Å²) in [5.74, 6) is -0.709. The van der Waals surface area contributed by atoms with Gasteiger partial charge >= 0.3 is 5.97 Å². The van der Waals surface area contributed by atoms with Crippen LogP contribution in [-0.2, 0) is 4.79 Å². The Morgan fingerprint density at radius 1 is 1.20 bits per heavy atom. The number of aliphatic carboxylic acids is 1. The first-order valence-electron chi connectivity index (χ1n) is 5.94. The van der Waals surface area contributed by atoms with Crippen molar-refractivity contribution < 1.29 is 9.90 Å². The standard InChI is InChI=1S/C12H23IO2/c1-3-4-5-8-11(12(14)15)9-6-7-10(2)13/h10-11H,3-9H2,1-2H3,(H,14,15). The van der Waals surface area contributed by atoms with E-state index in [0.717, 1.165) is 44.9 Å². The highest BCUT2D eigenvalue weighted by molar-refractivity contribution is 14.1. The van der Waals surface area contributed by atoms with E-state index in [4.69, 9.17) is 5.11 Å². The highest BCUT2D eigenvalue weighted by atomic mass is 127. The Morgan fingerprint density at radius 2 is 1.80 bits per heavy atom. The van der Waals surface area contributed by atoms with Gasteiger partial charge in [0, 0.05) is 3.92 Å². The molecule has 90 valence electrons. The summed E-state index contributed by atoms with van der Waals surface area (Å²) in [7, 11) is 0. The minimum atomic E-state index is -0.604. The van der Waals surface area contributed by atoms with Crippen molar-refractivity contribution in [2.24, 2.45) is 5.92 Å². The molecule has 2 unspecified atom stereocenters. The van der Waals surface area contributed by atoms with Crippen molar-refractivity contribution in [3.05, 3.63) is 0 Å². The second-order valence-corrected chi connectivity index (χ2v) is 6.37. The summed E-state index contributed by atoms with van der Waals surface area (Å²) in [5.41, 5.74) is 0. The number of hydrogen-bond acceptors (Lipinski definition) is 1. The second kappa shape index (κ2) is 9.43. The molecule has 0 aliphatic rings. The van der Waals surface area contributed by atoms with Gasteiger partial charge in [-0.1, -0.05) is 62.1 Å². The quantitative estimate of drug-likeness (QED) is 0.390. The van der Waals surface area contributed by atoms with Crippen molar-refractivity contribution >= 4 is 28.6 Å². The zero-order valence-electron chi connectivity index (χ0n) is 9.84. The first-order valence-corrected chi connectivity index (χ1v) is 7.19. The average molecular weight is 326 g/mol. The van der Waals surface area contributed by atoms with Crippen LogP contribution in [0.25, 0.3) is 0 Å². The van der Waals surface area contributed by atoms with Crippen molar-refractivity contribution in [2.45, 2.75) is 62.7 Å². The van der Waals surface area contributed by atoms with Crippen molar-refractivity contribution in [2.75, 3.05) is 0 Å². The predicted molar refractivity (Wildman–Crippen MR) is 72.6 cm³/mol. The van der Waals surface area contributed by atoms with E-state index < -0.39 is 5.97 Å². The van der Waals surface area contributed by atoms with E-state index in [1.54, 1.807) is 0 Å². The molecule has 0 aromatic heterocycles. The van der Waals surface area contributed by atoms with Gasteiger partial charge < -0.3 is 5.11 Å². The molecule has 2 atom stereocenters. The van der Waals surface area contributed by atoms with Gasteiger partial charge in [0.05, 0.1) is 5.92 Å². The molecule has 0 aromatic rings. The third-order valence-corrected chi connectivity index (χ3v) is 3.28. The van der Waals surface area contributed by atoms with Crippen molar-refractivity contribution in [3.8, 4) is 0 Å². The Kier molecular flexibility index (Phi) is 9.55. The molecule has 0 bridgehead atoms. The second-order valence-electron chi connectivity index (χ2n) is 4.24. The maximum atomic E-state index is 11.0. The van der Waals surface area contributed by atoms with E-state index in [1.807, 2.05) is 0 Å². The molecule has 0 fully saturated rings. The zero-order valence-corrected chi connectivity index (χ0v) is 12.0. The van der Waals surface area contributed by atoms with Crippen LogP contribution in [0.15, 0.2) is 0 Å². The van der Waals surface area contributed by atoms with Crippen LogP contribution in [0.1, 0.15) is 58.8 Å². The summed E-state index contributed by atoms with van der Waals surface area (Å²) >= 11 is 2.39. The highest BCUT2D eigenvalue weighted by Gasteiger charge is 2.16. The Labute approximate surface area is 107 Å². The van der Waals surface area contributed by atoms with Crippen molar-refractivity contribution in [1.29, 1.82) is 0 Å². The van der Waals surface area contributed by atoms with Gasteiger partial charge in [0.2, 0.25) is 0 Å². The van der Waals surface area contributed by atoms with Gasteiger partial charge in [-0.15, -0.1) is 0 Å². The van der Waals surface area contributed by atoms with E-state index in [9.17, 15) is 4.79 Å². The molecule has 0 radical (unpaired) electrons. The third kappa shape index (κ3) is 9.15. The lowest BCUT2D eigenvalue weighted by Crippen LogP contribution is -2.14. The van der Waals surface area contributed by atoms with E-state index in [2.05, 4.69) is 36.4 Å². The minimum Gasteiger partial charge on any atom is -0.481 e. The Bertz CT molecular complexity index is 169. The molecular formula is C12H23IO2. The molecule has 0 aliphatic carbocycles. The first kappa shape index (κ1) is 15.2. The molecule has 0 amide bonds. The highest BCUT2D eigenvalue weighted by Crippen LogP contribution is 2.19. The number of halogens is 1. The summed E-state index contributed by atoms with van der Waals surface area (Å²) in [6, 6.07) is 0. The zero-order chi connectivity index (χ0) is 11.7. The lowest BCUT2D eigenvalue weighted by molar-refractivity contribution is -0.142. The van der Waals surface area contributed by atoms with Crippen LogP contribution >= 0.6 is 22.6 Å². The summed E-state index contributed by atoms with van der Waals surface area (Å²) < 4.78 is 0.660. The molecule has 0 aromatic carbocycles. The minimum absolute atomic E-state index is 0.105. The molecular weight excluding hydrogens is 303 g/mol. The van der Waals surface area contributed by atoms with Crippen LogP contribution in [0.3, 0.4) is 0 Å². The molecule has 2 nitrogen and oxygen atoms in total. The number of rotatable bonds is 9. The Hall–Kier alpha value is 0.200. The van der Waals surface area contributed by atoms with E-state index in [-0.39, 0.29) is 5.92 Å². The predicted octanol–water partition coefficient (Wildman–Crippen LogP) is 4.26. The number of carboxylic acids is 1. The van der Waals surface area contributed by atoms with Gasteiger partial charge in [0.15, 0.2) is 0 Å². The van der Waals surface area contributed by atoms with E-state index >= 15 is 0 Å². The number of hydrogen-bond donors (Lipinski definition) is 1. The van der Waals surface area contributed by atoms with Crippen LogP contribution in [0.4, 0.5) is 0 Å². The first-order chi connectivity index (χ1) is 7.07.